The van der Waals surface area contributed by atoms with E-state index in [1.807, 2.05) is 0 Å². The van der Waals surface area contributed by atoms with E-state index in [0.717, 1.165) is 12.1 Å². The third-order valence-electron chi connectivity index (χ3n) is 6.86. The standard InChI is InChI=1S/C30H9Cl2F10N/c31-12-1-3-17-15(8-12)16-9-13(32)2-4-18(16)43(17)14-6-10(19-21(33)25(37)29(41)26(38)22(19)34)5-11(7-14)20-23(35)27(39)30(42)28(40)24(20)36/h1-9H. The van der Waals surface area contributed by atoms with Crippen LogP contribution in [-0.2, 0) is 0 Å². The zero-order valence-corrected chi connectivity index (χ0v) is 22.2. The Balaban J connectivity index is 1.79. The molecule has 218 valence electrons. The van der Waals surface area contributed by atoms with Crippen LogP contribution in [0.1, 0.15) is 0 Å². The first-order valence-corrected chi connectivity index (χ1v) is 12.7. The molecule has 1 nitrogen and oxygen atoms in total. The summed E-state index contributed by atoms with van der Waals surface area (Å²) >= 11 is 12.3. The van der Waals surface area contributed by atoms with Gasteiger partial charge in [-0.2, -0.15) is 0 Å². The first-order valence-electron chi connectivity index (χ1n) is 11.9. The molecule has 0 atom stereocenters. The highest BCUT2D eigenvalue weighted by Crippen LogP contribution is 2.41. The van der Waals surface area contributed by atoms with Crippen LogP contribution in [0.2, 0.25) is 10.0 Å². The Bertz CT molecular complexity index is 1970. The third kappa shape index (κ3) is 4.32. The Morgan fingerprint density at radius 3 is 1.07 bits per heavy atom. The lowest BCUT2D eigenvalue weighted by Gasteiger charge is -2.16. The summed E-state index contributed by atoms with van der Waals surface area (Å²) < 4.78 is 146. The second kappa shape index (κ2) is 10.2. The van der Waals surface area contributed by atoms with Gasteiger partial charge in [0.05, 0.1) is 22.2 Å². The van der Waals surface area contributed by atoms with Crippen molar-refractivity contribution in [3.05, 3.63) is 123 Å². The zero-order valence-electron chi connectivity index (χ0n) is 20.7. The normalized spacial score (nSPS) is 11.7. The van der Waals surface area contributed by atoms with E-state index in [9.17, 15) is 43.9 Å². The van der Waals surface area contributed by atoms with E-state index >= 15 is 0 Å². The van der Waals surface area contributed by atoms with Gasteiger partial charge in [-0.05, 0) is 65.7 Å². The van der Waals surface area contributed by atoms with Gasteiger partial charge in [-0.3, -0.25) is 0 Å². The molecule has 0 radical (unpaired) electrons. The molecular formula is C30H9Cl2F10N. The molecule has 1 aromatic heterocycles. The smallest absolute Gasteiger partial charge is 0.200 e. The first kappa shape index (κ1) is 28.9. The highest BCUT2D eigenvalue weighted by Gasteiger charge is 2.30. The average molecular weight is 644 g/mol. The minimum Gasteiger partial charge on any atom is -0.309 e. The van der Waals surface area contributed by atoms with Crippen LogP contribution in [0, 0.1) is 58.2 Å². The number of aromatic nitrogens is 1. The topological polar surface area (TPSA) is 4.93 Å². The Labute approximate surface area is 244 Å². The summed E-state index contributed by atoms with van der Waals surface area (Å²) in [6.07, 6.45) is 0. The third-order valence-corrected chi connectivity index (χ3v) is 7.33. The lowest BCUT2D eigenvalue weighted by molar-refractivity contribution is 0.381. The van der Waals surface area contributed by atoms with Crippen LogP contribution < -0.4 is 0 Å². The molecular weight excluding hydrogens is 635 g/mol. The molecule has 0 bridgehead atoms. The zero-order chi connectivity index (χ0) is 31.1. The Hall–Kier alpha value is -4.22. The fraction of sp³-hybridized carbons (Fsp3) is 0. The van der Waals surface area contributed by atoms with Crippen molar-refractivity contribution in [2.24, 2.45) is 0 Å². The van der Waals surface area contributed by atoms with Crippen LogP contribution in [-0.4, -0.2) is 4.57 Å². The largest absolute Gasteiger partial charge is 0.309 e. The number of benzene rings is 5. The first-order chi connectivity index (χ1) is 20.3. The molecule has 0 aliphatic heterocycles. The average Bonchev–Trinajstić information content (AvgIpc) is 3.29. The van der Waals surface area contributed by atoms with Crippen LogP contribution in [0.3, 0.4) is 0 Å². The van der Waals surface area contributed by atoms with E-state index in [4.69, 9.17) is 23.2 Å². The maximum Gasteiger partial charge on any atom is 0.200 e. The van der Waals surface area contributed by atoms with Crippen molar-refractivity contribution in [1.29, 1.82) is 0 Å². The summed E-state index contributed by atoms with van der Waals surface area (Å²) in [5.41, 5.74) is -4.25. The lowest BCUT2D eigenvalue weighted by Crippen LogP contribution is -2.06. The summed E-state index contributed by atoms with van der Waals surface area (Å²) in [5, 5.41) is 1.49. The molecule has 0 saturated heterocycles. The van der Waals surface area contributed by atoms with Gasteiger partial charge in [0.15, 0.2) is 46.5 Å². The number of rotatable bonds is 3. The van der Waals surface area contributed by atoms with Crippen LogP contribution in [0.5, 0.6) is 0 Å². The van der Waals surface area contributed by atoms with E-state index in [0.29, 0.717) is 27.9 Å². The second-order valence-corrected chi connectivity index (χ2v) is 10.2. The summed E-state index contributed by atoms with van der Waals surface area (Å²) in [5.74, 6) is -23.4. The van der Waals surface area contributed by atoms with Crippen molar-refractivity contribution in [2.45, 2.75) is 0 Å². The molecule has 0 fully saturated rings. The molecule has 5 aromatic carbocycles. The molecule has 43 heavy (non-hydrogen) atoms. The van der Waals surface area contributed by atoms with Crippen molar-refractivity contribution in [2.75, 3.05) is 0 Å². The van der Waals surface area contributed by atoms with Gasteiger partial charge < -0.3 is 4.57 Å². The molecule has 0 amide bonds. The number of hydrogen-bond acceptors (Lipinski definition) is 0. The SMILES string of the molecule is Fc1c(F)c(F)c(-c2cc(-c3c(F)c(F)c(F)c(F)c3F)cc(-n3c4ccc(Cl)cc4c4cc(Cl)ccc43)c2)c(F)c1F. The Morgan fingerprint density at radius 1 is 0.395 bits per heavy atom. The summed E-state index contributed by atoms with van der Waals surface area (Å²) in [6.45, 7) is 0. The van der Waals surface area contributed by atoms with Gasteiger partial charge in [-0.1, -0.05) is 23.2 Å². The number of fused-ring (bicyclic) bond motifs is 3. The number of hydrogen-bond donors (Lipinski definition) is 0. The summed E-state index contributed by atoms with van der Waals surface area (Å²) in [6, 6.07) is 11.4. The van der Waals surface area contributed by atoms with Gasteiger partial charge in [0, 0.05) is 26.5 Å². The quantitative estimate of drug-likeness (QED) is 0.103. The van der Waals surface area contributed by atoms with Crippen LogP contribution in [0.4, 0.5) is 43.9 Å². The molecule has 0 saturated carbocycles. The van der Waals surface area contributed by atoms with E-state index in [2.05, 4.69) is 0 Å². The maximum atomic E-state index is 15.0. The highest BCUT2D eigenvalue weighted by molar-refractivity contribution is 6.33. The van der Waals surface area contributed by atoms with Gasteiger partial charge in [-0.15, -0.1) is 0 Å². The minimum absolute atomic E-state index is 0.218. The molecule has 0 aliphatic carbocycles. The second-order valence-electron chi connectivity index (χ2n) is 9.32. The van der Waals surface area contributed by atoms with Crippen LogP contribution in [0.25, 0.3) is 49.7 Å². The van der Waals surface area contributed by atoms with E-state index in [1.165, 1.54) is 41.0 Å². The molecule has 13 heteroatoms. The van der Waals surface area contributed by atoms with Crippen molar-refractivity contribution in [3.63, 3.8) is 0 Å². The van der Waals surface area contributed by atoms with Gasteiger partial charge in [0.25, 0.3) is 0 Å². The van der Waals surface area contributed by atoms with Gasteiger partial charge >= 0.3 is 0 Å². The van der Waals surface area contributed by atoms with Gasteiger partial charge in [0.1, 0.15) is 0 Å². The van der Waals surface area contributed by atoms with Crippen molar-refractivity contribution < 1.29 is 43.9 Å². The van der Waals surface area contributed by atoms with Crippen molar-refractivity contribution in [1.82, 2.24) is 4.57 Å². The van der Waals surface area contributed by atoms with Gasteiger partial charge in [0.2, 0.25) is 11.6 Å². The molecule has 6 rings (SSSR count). The Morgan fingerprint density at radius 2 is 0.721 bits per heavy atom. The van der Waals surface area contributed by atoms with Crippen molar-refractivity contribution in [3.8, 4) is 27.9 Å². The molecule has 6 aromatic rings. The molecule has 0 N–H and O–H groups in total. The Kier molecular flexibility index (Phi) is 6.85. The highest BCUT2D eigenvalue weighted by atomic mass is 35.5. The summed E-state index contributed by atoms with van der Waals surface area (Å²) in [7, 11) is 0. The van der Waals surface area contributed by atoms with Crippen molar-refractivity contribution >= 4 is 45.0 Å². The summed E-state index contributed by atoms with van der Waals surface area (Å²) in [4.78, 5) is 0. The predicted molar refractivity (Wildman–Crippen MR) is 141 cm³/mol. The monoisotopic (exact) mass is 643 g/mol. The van der Waals surface area contributed by atoms with Crippen LogP contribution in [0.15, 0.2) is 54.6 Å². The fourth-order valence-electron chi connectivity index (χ4n) is 4.99. The maximum absolute atomic E-state index is 15.0. The molecule has 0 spiro atoms. The predicted octanol–water partition coefficient (Wildman–Crippen LogP) is 10.8. The molecule has 0 aliphatic rings. The lowest BCUT2D eigenvalue weighted by atomic mass is 9.95. The fourth-order valence-corrected chi connectivity index (χ4v) is 5.34. The van der Waals surface area contributed by atoms with Crippen LogP contribution >= 0.6 is 23.2 Å². The van der Waals surface area contributed by atoms with E-state index in [1.54, 1.807) is 0 Å². The van der Waals surface area contributed by atoms with E-state index in [-0.39, 0.29) is 15.7 Å². The minimum atomic E-state index is -2.47. The molecule has 1 heterocycles. The van der Waals surface area contributed by atoms with Gasteiger partial charge in [-0.25, -0.2) is 43.9 Å². The molecule has 0 unspecified atom stereocenters. The number of nitrogens with zero attached hydrogens (tertiary/aromatic N) is 1. The van der Waals surface area contributed by atoms with E-state index < -0.39 is 80.4 Å². The number of halogens is 12.